The Morgan fingerprint density at radius 2 is 1.11 bits per heavy atom. The van der Waals surface area contributed by atoms with E-state index in [0.29, 0.717) is 24.8 Å². The zero-order valence-corrected chi connectivity index (χ0v) is 37.2. The zero-order valence-electron chi connectivity index (χ0n) is 31.8. The Kier molecular flexibility index (Phi) is 13.8. The van der Waals surface area contributed by atoms with Gasteiger partial charge in [0.25, 0.3) is 5.91 Å². The Morgan fingerprint density at radius 1 is 0.623 bits per heavy atom. The fourth-order valence-electron chi connectivity index (χ4n) is 6.34. The summed E-state index contributed by atoms with van der Waals surface area (Å²) >= 11 is 2.85. The third-order valence-electron chi connectivity index (χ3n) is 9.31. The molecule has 2 unspecified atom stereocenters. The van der Waals surface area contributed by atoms with E-state index in [9.17, 15) is 9.59 Å². The van der Waals surface area contributed by atoms with Crippen LogP contribution in [0, 0.1) is 0 Å². The van der Waals surface area contributed by atoms with Gasteiger partial charge in [0, 0.05) is 41.4 Å². The number of nitrogens with one attached hydrogen (secondary N) is 4. The molecule has 0 aliphatic carbocycles. The average Bonchev–Trinajstić information content (AvgIpc) is 4.15. The molecule has 0 fully saturated rings. The number of pyridine rings is 2. The van der Waals surface area contributed by atoms with Gasteiger partial charge in [0.1, 0.15) is 45.2 Å². The molecule has 12 nitrogen and oxygen atoms in total. The van der Waals surface area contributed by atoms with Crippen LogP contribution in [0.4, 0.5) is 11.4 Å². The first-order valence-electron chi connectivity index (χ1n) is 18.8. The summed E-state index contributed by atoms with van der Waals surface area (Å²) in [6, 6.07) is 42.0. The number of hydrogen-bond acceptors (Lipinski definition) is 12. The number of para-hydroxylation sites is 2. The number of rotatable bonds is 8. The molecular weight excluding hydrogens is 1030 g/mol. The predicted molar refractivity (Wildman–Crippen MR) is 244 cm³/mol. The normalized spacial score (nSPS) is 15.3. The van der Waals surface area contributed by atoms with Gasteiger partial charge < -0.3 is 21.3 Å². The molecule has 0 radical (unpaired) electrons. The van der Waals surface area contributed by atoms with E-state index in [1.807, 2.05) is 121 Å². The van der Waals surface area contributed by atoms with Crippen molar-refractivity contribution in [3.8, 4) is 21.1 Å². The molecule has 0 bridgehead atoms. The maximum atomic E-state index is 12.6. The molecule has 61 heavy (non-hydrogen) atoms. The van der Waals surface area contributed by atoms with E-state index < -0.39 is 28.6 Å². The number of thiazole rings is 2. The third kappa shape index (κ3) is 10.5. The summed E-state index contributed by atoms with van der Waals surface area (Å²) in [5.74, 6) is 1.04. The molecule has 0 saturated carbocycles. The Hall–Kier alpha value is -5.89. The van der Waals surface area contributed by atoms with Crippen molar-refractivity contribution < 1.29 is 26.1 Å². The van der Waals surface area contributed by atoms with E-state index >= 15 is 0 Å². The fraction of sp³-hybridized carbons (Fsp3) is 0.0909. The quantitative estimate of drug-likeness (QED) is 0.118. The van der Waals surface area contributed by atoms with Gasteiger partial charge in [0.05, 0.1) is 27.0 Å². The molecule has 8 aromatic rings. The molecule has 10 rings (SSSR count). The first kappa shape index (κ1) is 41.8. The minimum absolute atomic E-state index is 0.118. The number of fused-ring (bicyclic) bond motifs is 2. The van der Waals surface area contributed by atoms with Crippen LogP contribution in [-0.2, 0) is 26.1 Å². The van der Waals surface area contributed by atoms with E-state index in [-0.39, 0.29) is 11.8 Å². The first-order valence-corrected chi connectivity index (χ1v) is 26.0. The summed E-state index contributed by atoms with van der Waals surface area (Å²) in [5.41, 5.74) is 7.02. The van der Waals surface area contributed by atoms with Gasteiger partial charge in [-0.25, -0.2) is 9.97 Å². The van der Waals surface area contributed by atoms with E-state index in [4.69, 9.17) is 18.8 Å². The average molecular weight is 1060 g/mol. The van der Waals surface area contributed by atoms with Crippen molar-refractivity contribution in [2.75, 3.05) is 23.7 Å². The predicted octanol–water partition coefficient (Wildman–Crippen LogP) is 8.81. The topological polar surface area (TPSA) is 159 Å². The number of carbonyl (C=O) groups excluding carboxylic acids is 2. The van der Waals surface area contributed by atoms with Crippen LogP contribution in [0.15, 0.2) is 156 Å². The molecule has 17 heteroatoms. The molecule has 4 aromatic heterocycles. The number of benzene rings is 4. The van der Waals surface area contributed by atoms with Gasteiger partial charge in [0.2, 0.25) is 5.91 Å². The number of carbonyl (C=O) groups is 2. The number of aliphatic imine (C=N–C) groups is 2. The first-order chi connectivity index (χ1) is 29.9. The summed E-state index contributed by atoms with van der Waals surface area (Å²) in [7, 11) is 9.75. The van der Waals surface area contributed by atoms with Gasteiger partial charge in [-0.2, -0.15) is 0 Å². The van der Waals surface area contributed by atoms with E-state index in [1.54, 1.807) is 35.1 Å². The van der Waals surface area contributed by atoms with Gasteiger partial charge in [-0.3, -0.25) is 29.5 Å². The van der Waals surface area contributed by atoms with E-state index in [2.05, 4.69) is 63.3 Å². The standard InChI is InChI=1S/2C22H17N5OS.2ClH.Pt/c2*28-21(18-13-24-20(26-18)17-6-3-4-12-23-17)25-15-10-8-14(9-11-15)22-27-16-5-1-2-7-19(16)29-22;;;/h2*1-12,18H,13H2,(H,24,26)(H,25,28);2*1H;/q;;;;+2/p-2. The molecule has 2 aliphatic rings. The molecule has 2 amide bonds. The van der Waals surface area contributed by atoms with Crippen LogP contribution in [0.25, 0.3) is 41.6 Å². The van der Waals surface area contributed by atoms with Crippen molar-refractivity contribution in [2.24, 2.45) is 9.98 Å². The number of amides is 2. The summed E-state index contributed by atoms with van der Waals surface area (Å²) in [5, 5.41) is 14.1. The molecule has 2 aliphatic heterocycles. The summed E-state index contributed by atoms with van der Waals surface area (Å²) in [4.78, 5) is 51.9. The van der Waals surface area contributed by atoms with Crippen molar-refractivity contribution in [1.29, 1.82) is 0 Å². The SMILES string of the molecule is O=C(Nc1ccc(-c2nc3ccccc3s2)cc1)C1CN=C(c2ccccn2)N1.O=C(Nc1ccc(-c2nc3ccccc3s2)cc1)C1CNC(c2ccccn2)=N1.[Cl][Pt][Cl]. The fourth-order valence-corrected chi connectivity index (χ4v) is 8.28. The summed E-state index contributed by atoms with van der Waals surface area (Å²) < 4.78 is 2.33. The van der Waals surface area contributed by atoms with Crippen LogP contribution in [0.2, 0.25) is 0 Å². The van der Waals surface area contributed by atoms with E-state index in [0.717, 1.165) is 64.3 Å². The van der Waals surface area contributed by atoms with Gasteiger partial charge in [-0.1, -0.05) is 36.4 Å². The van der Waals surface area contributed by atoms with Crippen molar-refractivity contribution in [3.63, 3.8) is 0 Å². The minimum atomic E-state index is -0.476. The van der Waals surface area contributed by atoms with Crippen LogP contribution in [0.3, 0.4) is 0 Å². The molecule has 4 N–H and O–H groups in total. The number of amidine groups is 2. The second-order valence-corrected chi connectivity index (χ2v) is 18.7. The van der Waals surface area contributed by atoms with Gasteiger partial charge in [-0.05, 0) is 97.1 Å². The number of aromatic nitrogens is 4. The Labute approximate surface area is 375 Å². The molecule has 0 saturated heterocycles. The molecule has 0 spiro atoms. The molecule has 4 aromatic carbocycles. The van der Waals surface area contributed by atoms with Crippen molar-refractivity contribution >= 4 is 96.8 Å². The second-order valence-electron chi connectivity index (χ2n) is 13.3. The third-order valence-corrected chi connectivity index (χ3v) is 11.5. The van der Waals surface area contributed by atoms with Crippen LogP contribution in [-0.4, -0.2) is 68.6 Å². The van der Waals surface area contributed by atoms with Crippen LogP contribution >= 0.6 is 41.5 Å². The van der Waals surface area contributed by atoms with Crippen molar-refractivity contribution in [3.05, 3.63) is 157 Å². The molecule has 308 valence electrons. The Balaban J connectivity index is 0.000000158. The monoisotopic (exact) mass is 1060 g/mol. The molecule has 2 atom stereocenters. The summed E-state index contributed by atoms with van der Waals surface area (Å²) in [6.45, 7) is 0.850. The molecule has 6 heterocycles. The van der Waals surface area contributed by atoms with Crippen LogP contribution in [0.5, 0.6) is 0 Å². The maximum absolute atomic E-state index is 12.6. The van der Waals surface area contributed by atoms with Gasteiger partial charge in [0.15, 0.2) is 0 Å². The Bertz CT molecular complexity index is 2760. The van der Waals surface area contributed by atoms with Gasteiger partial charge in [-0.15, -0.1) is 22.7 Å². The van der Waals surface area contributed by atoms with Crippen LogP contribution in [0.1, 0.15) is 11.4 Å². The second kappa shape index (κ2) is 20.1. The number of nitrogens with zero attached hydrogens (tertiary/aromatic N) is 6. The van der Waals surface area contributed by atoms with Crippen molar-refractivity contribution in [1.82, 2.24) is 30.6 Å². The number of hydrogen-bond donors (Lipinski definition) is 4. The Morgan fingerprint density at radius 3 is 1.62 bits per heavy atom. The summed E-state index contributed by atoms with van der Waals surface area (Å²) in [6.07, 6.45) is 3.42. The zero-order chi connectivity index (χ0) is 42.0. The molecular formula is C44H34Cl2N10O2PtS2. The van der Waals surface area contributed by atoms with Crippen LogP contribution < -0.4 is 21.3 Å². The van der Waals surface area contributed by atoms with Crippen molar-refractivity contribution in [2.45, 2.75) is 12.1 Å². The van der Waals surface area contributed by atoms with E-state index in [1.165, 1.54) is 0 Å². The number of halogens is 2. The van der Waals surface area contributed by atoms with Gasteiger partial charge >= 0.3 is 35.3 Å². The number of anilines is 2.